The van der Waals surface area contributed by atoms with Gasteiger partial charge in [-0.15, -0.1) is 23.5 Å². The summed E-state index contributed by atoms with van der Waals surface area (Å²) in [6, 6.07) is 9.91. The molecule has 1 aromatic carbocycles. The van der Waals surface area contributed by atoms with Crippen LogP contribution in [-0.4, -0.2) is 58.1 Å². The van der Waals surface area contributed by atoms with E-state index in [0.717, 1.165) is 24.9 Å². The molecule has 2 aliphatic heterocycles. The Kier molecular flexibility index (Phi) is 5.96. The van der Waals surface area contributed by atoms with Gasteiger partial charge in [0.25, 0.3) is 11.8 Å². The predicted molar refractivity (Wildman–Crippen MR) is 114 cm³/mol. The van der Waals surface area contributed by atoms with E-state index in [0.29, 0.717) is 16.8 Å². The SMILES string of the molecule is CNC(=O)c1ccn([C@@H]2CCCN(C(=O)c3ccc(C4SCCS4)cc3)C2)n1. The van der Waals surface area contributed by atoms with Crippen LogP contribution in [0.25, 0.3) is 0 Å². The number of nitrogens with zero attached hydrogens (tertiary/aromatic N) is 3. The molecule has 2 amide bonds. The molecular weight excluding hydrogens is 392 g/mol. The highest BCUT2D eigenvalue weighted by molar-refractivity contribution is 8.19. The molecule has 0 spiro atoms. The fourth-order valence-corrected chi connectivity index (χ4v) is 6.52. The Morgan fingerprint density at radius 1 is 1.14 bits per heavy atom. The zero-order chi connectivity index (χ0) is 19.5. The monoisotopic (exact) mass is 416 g/mol. The first-order valence-corrected chi connectivity index (χ1v) is 11.6. The summed E-state index contributed by atoms with van der Waals surface area (Å²) in [5, 5.41) is 6.98. The summed E-state index contributed by atoms with van der Waals surface area (Å²) in [5.74, 6) is 2.27. The molecule has 2 fully saturated rings. The first-order valence-electron chi connectivity index (χ1n) is 9.55. The fourth-order valence-electron chi connectivity index (χ4n) is 3.66. The summed E-state index contributed by atoms with van der Waals surface area (Å²) < 4.78 is 2.32. The van der Waals surface area contributed by atoms with Crippen molar-refractivity contribution in [2.24, 2.45) is 0 Å². The first kappa shape index (κ1) is 19.4. The number of carbonyl (C=O) groups excluding carboxylic acids is 2. The Bertz CT molecular complexity index is 846. The van der Waals surface area contributed by atoms with Crippen LogP contribution in [-0.2, 0) is 0 Å². The van der Waals surface area contributed by atoms with Gasteiger partial charge in [0.05, 0.1) is 10.6 Å². The number of aromatic nitrogens is 2. The smallest absolute Gasteiger partial charge is 0.271 e. The highest BCUT2D eigenvalue weighted by atomic mass is 32.2. The summed E-state index contributed by atoms with van der Waals surface area (Å²) in [4.78, 5) is 26.6. The molecule has 0 saturated carbocycles. The maximum Gasteiger partial charge on any atom is 0.271 e. The Balaban J connectivity index is 1.43. The molecule has 0 unspecified atom stereocenters. The molecule has 1 N–H and O–H groups in total. The van der Waals surface area contributed by atoms with Crippen molar-refractivity contribution in [1.29, 1.82) is 0 Å². The number of rotatable bonds is 4. The second-order valence-corrected chi connectivity index (χ2v) is 9.73. The maximum absolute atomic E-state index is 13.0. The topological polar surface area (TPSA) is 67.2 Å². The van der Waals surface area contributed by atoms with Gasteiger partial charge in [-0.05, 0) is 36.6 Å². The molecule has 3 heterocycles. The van der Waals surface area contributed by atoms with Crippen LogP contribution in [0.15, 0.2) is 36.5 Å². The van der Waals surface area contributed by atoms with E-state index in [1.807, 2.05) is 51.4 Å². The molecule has 28 heavy (non-hydrogen) atoms. The molecule has 0 bridgehead atoms. The van der Waals surface area contributed by atoms with Crippen molar-refractivity contribution in [3.8, 4) is 0 Å². The van der Waals surface area contributed by atoms with Gasteiger partial charge in [-0.1, -0.05) is 12.1 Å². The van der Waals surface area contributed by atoms with Crippen LogP contribution in [0, 0.1) is 0 Å². The number of piperidine rings is 1. The largest absolute Gasteiger partial charge is 0.354 e. The number of thioether (sulfide) groups is 2. The van der Waals surface area contributed by atoms with Gasteiger partial charge in [-0.2, -0.15) is 5.10 Å². The molecule has 0 aliphatic carbocycles. The number of likely N-dealkylation sites (tertiary alicyclic amines) is 1. The third-order valence-electron chi connectivity index (χ3n) is 5.18. The van der Waals surface area contributed by atoms with E-state index in [2.05, 4.69) is 22.5 Å². The van der Waals surface area contributed by atoms with Crippen molar-refractivity contribution < 1.29 is 9.59 Å². The molecule has 1 atom stereocenters. The van der Waals surface area contributed by atoms with Gasteiger partial charge >= 0.3 is 0 Å². The van der Waals surface area contributed by atoms with Gasteiger partial charge in [-0.3, -0.25) is 14.3 Å². The van der Waals surface area contributed by atoms with E-state index in [1.54, 1.807) is 13.1 Å². The van der Waals surface area contributed by atoms with Crippen LogP contribution in [0.1, 0.15) is 49.9 Å². The molecule has 2 saturated heterocycles. The minimum Gasteiger partial charge on any atom is -0.354 e. The second kappa shape index (κ2) is 8.61. The Morgan fingerprint density at radius 2 is 1.89 bits per heavy atom. The lowest BCUT2D eigenvalue weighted by molar-refractivity contribution is 0.0671. The van der Waals surface area contributed by atoms with E-state index < -0.39 is 0 Å². The summed E-state index contributed by atoms with van der Waals surface area (Å²) in [6.45, 7) is 1.37. The lowest BCUT2D eigenvalue weighted by atomic mass is 10.0. The van der Waals surface area contributed by atoms with Crippen molar-refractivity contribution in [1.82, 2.24) is 20.0 Å². The highest BCUT2D eigenvalue weighted by Crippen LogP contribution is 2.45. The summed E-state index contributed by atoms with van der Waals surface area (Å²) in [6.07, 6.45) is 3.71. The van der Waals surface area contributed by atoms with E-state index in [9.17, 15) is 9.59 Å². The molecular formula is C20H24N4O2S2. The van der Waals surface area contributed by atoms with E-state index in [1.165, 1.54) is 17.1 Å². The number of hydrogen-bond donors (Lipinski definition) is 1. The molecule has 1 aromatic heterocycles. The molecule has 148 valence electrons. The third kappa shape index (κ3) is 4.07. The third-order valence-corrected chi connectivity index (χ3v) is 8.28. The van der Waals surface area contributed by atoms with Crippen molar-refractivity contribution in [2.75, 3.05) is 31.6 Å². The van der Waals surface area contributed by atoms with Crippen LogP contribution in [0.4, 0.5) is 0 Å². The number of amides is 2. The van der Waals surface area contributed by atoms with Gasteiger partial charge in [0.2, 0.25) is 0 Å². The van der Waals surface area contributed by atoms with Gasteiger partial charge < -0.3 is 10.2 Å². The summed E-state index contributed by atoms with van der Waals surface area (Å²) in [7, 11) is 1.59. The van der Waals surface area contributed by atoms with Crippen molar-refractivity contribution in [2.45, 2.75) is 23.5 Å². The van der Waals surface area contributed by atoms with Crippen LogP contribution >= 0.6 is 23.5 Å². The highest BCUT2D eigenvalue weighted by Gasteiger charge is 2.27. The first-order chi connectivity index (χ1) is 13.7. The van der Waals surface area contributed by atoms with Crippen LogP contribution in [0.2, 0.25) is 0 Å². The van der Waals surface area contributed by atoms with Crippen LogP contribution < -0.4 is 5.32 Å². The minimum atomic E-state index is -0.193. The second-order valence-electron chi connectivity index (χ2n) is 7.00. The minimum absolute atomic E-state index is 0.0710. The Labute approximate surface area is 173 Å². The van der Waals surface area contributed by atoms with Crippen LogP contribution in [0.3, 0.4) is 0 Å². The molecule has 8 heteroatoms. The fraction of sp³-hybridized carbons (Fsp3) is 0.450. The van der Waals surface area contributed by atoms with Crippen molar-refractivity contribution in [3.05, 3.63) is 53.3 Å². The number of hydrogen-bond acceptors (Lipinski definition) is 5. The lowest BCUT2D eigenvalue weighted by Crippen LogP contribution is -2.41. The molecule has 0 radical (unpaired) electrons. The molecule has 6 nitrogen and oxygen atoms in total. The summed E-state index contributed by atoms with van der Waals surface area (Å²) in [5.41, 5.74) is 2.44. The van der Waals surface area contributed by atoms with Gasteiger partial charge in [-0.25, -0.2) is 0 Å². The summed E-state index contributed by atoms with van der Waals surface area (Å²) >= 11 is 3.94. The average Bonchev–Trinajstić information content (AvgIpc) is 3.45. The maximum atomic E-state index is 13.0. The Hall–Kier alpha value is -1.93. The quantitative estimate of drug-likeness (QED) is 0.829. The average molecular weight is 417 g/mol. The van der Waals surface area contributed by atoms with Crippen molar-refractivity contribution in [3.63, 3.8) is 0 Å². The standard InChI is InChI=1S/C20H24N4O2S2/c1-21-18(25)17-8-10-24(22-17)16-3-2-9-23(13-16)19(26)14-4-6-15(7-5-14)20-27-11-12-28-20/h4-8,10,16,20H,2-3,9,11-13H2,1H3,(H,21,25)/t16-/m1/s1. The molecule has 4 rings (SSSR count). The number of carbonyl (C=O) groups is 2. The Morgan fingerprint density at radius 3 is 2.61 bits per heavy atom. The lowest BCUT2D eigenvalue weighted by Gasteiger charge is -2.33. The number of benzene rings is 1. The van der Waals surface area contributed by atoms with Crippen molar-refractivity contribution >= 4 is 35.3 Å². The zero-order valence-corrected chi connectivity index (χ0v) is 17.5. The van der Waals surface area contributed by atoms with E-state index >= 15 is 0 Å². The van der Waals surface area contributed by atoms with Gasteiger partial charge in [0, 0.05) is 43.4 Å². The molecule has 2 aliphatic rings. The predicted octanol–water partition coefficient (Wildman–Crippen LogP) is 3.20. The van der Waals surface area contributed by atoms with Gasteiger partial charge in [0.15, 0.2) is 0 Å². The number of nitrogens with one attached hydrogen (secondary N) is 1. The zero-order valence-electron chi connectivity index (χ0n) is 15.8. The van der Waals surface area contributed by atoms with Gasteiger partial charge in [0.1, 0.15) is 5.69 Å². The molecule has 2 aromatic rings. The van der Waals surface area contributed by atoms with Crippen LogP contribution in [0.5, 0.6) is 0 Å². The van der Waals surface area contributed by atoms with E-state index in [4.69, 9.17) is 0 Å². The van der Waals surface area contributed by atoms with E-state index in [-0.39, 0.29) is 17.9 Å². The normalized spacial score (nSPS) is 20.3.